The first-order valence-corrected chi connectivity index (χ1v) is 6.94. The molecule has 0 bridgehead atoms. The van der Waals surface area contributed by atoms with Gasteiger partial charge in [-0.3, -0.25) is 9.59 Å². The lowest BCUT2D eigenvalue weighted by atomic mass is 10.1. The first kappa shape index (κ1) is 17.5. The lowest BCUT2D eigenvalue weighted by molar-refractivity contribution is -0.173. The molecular weight excluding hydrogens is 353 g/mol. The van der Waals surface area contributed by atoms with Gasteiger partial charge in [-0.05, 0) is 24.1 Å². The summed E-state index contributed by atoms with van der Waals surface area (Å²) in [5.41, 5.74) is 0.977. The fourth-order valence-corrected chi connectivity index (χ4v) is 1.96. The lowest BCUT2D eigenvalue weighted by Gasteiger charge is -2.09. The summed E-state index contributed by atoms with van der Waals surface area (Å²) in [6.45, 7) is -0.305. The fraction of sp³-hybridized carbons (Fsp3) is 0.385. The Morgan fingerprint density at radius 2 is 1.81 bits per heavy atom. The number of aryl methyl sites for hydroxylation is 1. The van der Waals surface area contributed by atoms with Crippen LogP contribution in [0.1, 0.15) is 12.0 Å². The van der Waals surface area contributed by atoms with Crippen LogP contribution >= 0.6 is 15.9 Å². The molecule has 1 rings (SSSR count). The van der Waals surface area contributed by atoms with E-state index < -0.39 is 12.1 Å². The summed E-state index contributed by atoms with van der Waals surface area (Å²) in [5, 5.41) is 4.12. The summed E-state index contributed by atoms with van der Waals surface area (Å²) in [6, 6.07) is 7.48. The molecule has 2 amide bonds. The zero-order chi connectivity index (χ0) is 15.9. The third-order valence-corrected chi connectivity index (χ3v) is 3.01. The van der Waals surface area contributed by atoms with Gasteiger partial charge in [0.2, 0.25) is 5.91 Å². The highest BCUT2D eigenvalue weighted by atomic mass is 79.9. The molecule has 0 saturated carbocycles. The van der Waals surface area contributed by atoms with Crippen molar-refractivity contribution < 1.29 is 22.8 Å². The molecule has 8 heteroatoms. The number of carbonyl (C=O) groups is 2. The van der Waals surface area contributed by atoms with Gasteiger partial charge in [-0.2, -0.15) is 13.2 Å². The average molecular weight is 367 g/mol. The van der Waals surface area contributed by atoms with Gasteiger partial charge in [0.15, 0.2) is 0 Å². The second kappa shape index (κ2) is 8.02. The largest absolute Gasteiger partial charge is 0.471 e. The predicted molar refractivity (Wildman–Crippen MR) is 74.5 cm³/mol. The Bertz CT molecular complexity index is 506. The minimum atomic E-state index is -4.90. The Morgan fingerprint density at radius 3 is 2.43 bits per heavy atom. The molecule has 1 aromatic rings. The molecule has 1 aromatic carbocycles. The number of hydrogen-bond donors (Lipinski definition) is 2. The molecule has 0 aromatic heterocycles. The van der Waals surface area contributed by atoms with Crippen molar-refractivity contribution in [3.8, 4) is 0 Å². The van der Waals surface area contributed by atoms with Crippen LogP contribution in [0.15, 0.2) is 28.7 Å². The summed E-state index contributed by atoms with van der Waals surface area (Å²) < 4.78 is 36.5. The molecule has 116 valence electrons. The van der Waals surface area contributed by atoms with Gasteiger partial charge in [-0.25, -0.2) is 0 Å². The Balaban J connectivity index is 2.19. The Morgan fingerprint density at radius 1 is 1.14 bits per heavy atom. The molecule has 0 unspecified atom stereocenters. The van der Waals surface area contributed by atoms with Crippen molar-refractivity contribution in [3.05, 3.63) is 34.3 Å². The Labute approximate surface area is 128 Å². The average Bonchev–Trinajstić information content (AvgIpc) is 2.40. The topological polar surface area (TPSA) is 58.2 Å². The molecule has 0 radical (unpaired) electrons. The van der Waals surface area contributed by atoms with Crippen LogP contribution in [-0.4, -0.2) is 31.1 Å². The van der Waals surface area contributed by atoms with E-state index >= 15 is 0 Å². The van der Waals surface area contributed by atoms with Gasteiger partial charge in [0.1, 0.15) is 0 Å². The summed E-state index contributed by atoms with van der Waals surface area (Å²) in [7, 11) is 0. The van der Waals surface area contributed by atoms with E-state index in [0.717, 1.165) is 10.0 Å². The molecule has 21 heavy (non-hydrogen) atoms. The van der Waals surface area contributed by atoms with Crippen molar-refractivity contribution in [2.24, 2.45) is 0 Å². The standard InChI is InChI=1S/C13H14BrF3N2O2/c14-10-3-1-2-9(8-10)4-5-11(20)18-6-7-19-12(21)13(15,16)17/h1-3,8H,4-7H2,(H,18,20)(H,19,21). The fourth-order valence-electron chi connectivity index (χ4n) is 1.52. The van der Waals surface area contributed by atoms with Crippen molar-refractivity contribution in [2.45, 2.75) is 19.0 Å². The number of amides is 2. The minimum absolute atomic E-state index is 0.0425. The van der Waals surface area contributed by atoms with E-state index in [1.165, 1.54) is 0 Å². The highest BCUT2D eigenvalue weighted by Gasteiger charge is 2.38. The quantitative estimate of drug-likeness (QED) is 0.758. The first-order valence-electron chi connectivity index (χ1n) is 6.15. The predicted octanol–water partition coefficient (Wildman–Crippen LogP) is 2.18. The van der Waals surface area contributed by atoms with Gasteiger partial charge in [0.25, 0.3) is 0 Å². The molecular formula is C13H14BrF3N2O2. The Kier molecular flexibility index (Phi) is 6.67. The van der Waals surface area contributed by atoms with E-state index in [0.29, 0.717) is 6.42 Å². The van der Waals surface area contributed by atoms with E-state index in [1.54, 1.807) is 5.32 Å². The highest BCUT2D eigenvalue weighted by molar-refractivity contribution is 9.10. The van der Waals surface area contributed by atoms with E-state index in [2.05, 4.69) is 21.2 Å². The van der Waals surface area contributed by atoms with Crippen LogP contribution in [0.5, 0.6) is 0 Å². The molecule has 0 heterocycles. The first-order chi connectivity index (χ1) is 9.79. The molecule has 0 spiro atoms. The van der Waals surface area contributed by atoms with Crippen LogP contribution in [0, 0.1) is 0 Å². The number of carbonyl (C=O) groups excluding carboxylic acids is 2. The Hall–Kier alpha value is -1.57. The molecule has 0 aliphatic rings. The summed E-state index contributed by atoms with van der Waals surface area (Å²) in [5.74, 6) is -2.29. The van der Waals surface area contributed by atoms with Crippen molar-refractivity contribution in [1.82, 2.24) is 10.6 Å². The highest BCUT2D eigenvalue weighted by Crippen LogP contribution is 2.14. The van der Waals surface area contributed by atoms with Crippen molar-refractivity contribution in [1.29, 1.82) is 0 Å². The molecule has 0 fully saturated rings. The molecule has 0 aliphatic heterocycles. The van der Waals surface area contributed by atoms with Crippen LogP contribution in [0.25, 0.3) is 0 Å². The van der Waals surface area contributed by atoms with Crippen LogP contribution in [0.3, 0.4) is 0 Å². The zero-order valence-electron chi connectivity index (χ0n) is 11.0. The maximum atomic E-state index is 11.9. The van der Waals surface area contributed by atoms with Gasteiger partial charge in [0, 0.05) is 24.0 Å². The van der Waals surface area contributed by atoms with Gasteiger partial charge < -0.3 is 10.6 Å². The smallest absolute Gasteiger partial charge is 0.354 e. The van der Waals surface area contributed by atoms with E-state index in [1.807, 2.05) is 24.3 Å². The second-order valence-electron chi connectivity index (χ2n) is 4.23. The number of alkyl halides is 3. The minimum Gasteiger partial charge on any atom is -0.354 e. The summed E-state index contributed by atoms with van der Waals surface area (Å²) in [6.07, 6.45) is -4.14. The normalized spacial score (nSPS) is 11.0. The van der Waals surface area contributed by atoms with Crippen molar-refractivity contribution >= 4 is 27.7 Å². The third-order valence-electron chi connectivity index (χ3n) is 2.52. The van der Waals surface area contributed by atoms with E-state index in [-0.39, 0.29) is 25.4 Å². The summed E-state index contributed by atoms with van der Waals surface area (Å²) >= 11 is 3.32. The summed E-state index contributed by atoms with van der Waals surface area (Å²) in [4.78, 5) is 22.0. The van der Waals surface area contributed by atoms with Gasteiger partial charge in [0.05, 0.1) is 0 Å². The lowest BCUT2D eigenvalue weighted by Crippen LogP contribution is -2.41. The zero-order valence-corrected chi connectivity index (χ0v) is 12.6. The van der Waals surface area contributed by atoms with Crippen LogP contribution in [0.4, 0.5) is 13.2 Å². The number of hydrogen-bond acceptors (Lipinski definition) is 2. The number of rotatable bonds is 6. The molecule has 2 N–H and O–H groups in total. The van der Waals surface area contributed by atoms with Gasteiger partial charge in [-0.15, -0.1) is 0 Å². The van der Waals surface area contributed by atoms with E-state index in [9.17, 15) is 22.8 Å². The maximum absolute atomic E-state index is 11.9. The van der Waals surface area contributed by atoms with Crippen molar-refractivity contribution in [2.75, 3.05) is 13.1 Å². The van der Waals surface area contributed by atoms with Crippen molar-refractivity contribution in [3.63, 3.8) is 0 Å². The van der Waals surface area contributed by atoms with Gasteiger partial charge >= 0.3 is 12.1 Å². The number of halogens is 4. The number of benzene rings is 1. The molecule has 4 nitrogen and oxygen atoms in total. The van der Waals surface area contributed by atoms with Crippen LogP contribution < -0.4 is 10.6 Å². The molecule has 0 atom stereocenters. The van der Waals surface area contributed by atoms with Gasteiger partial charge in [-0.1, -0.05) is 28.1 Å². The maximum Gasteiger partial charge on any atom is 0.471 e. The second-order valence-corrected chi connectivity index (χ2v) is 5.15. The van der Waals surface area contributed by atoms with E-state index in [4.69, 9.17) is 0 Å². The SMILES string of the molecule is O=C(CCc1cccc(Br)c1)NCCNC(=O)C(F)(F)F. The number of nitrogens with one attached hydrogen (secondary N) is 2. The molecule has 0 saturated heterocycles. The van der Waals surface area contributed by atoms with Crippen LogP contribution in [0.2, 0.25) is 0 Å². The monoisotopic (exact) mass is 366 g/mol. The molecule has 0 aliphatic carbocycles. The van der Waals surface area contributed by atoms with Crippen LogP contribution in [-0.2, 0) is 16.0 Å². The third kappa shape index (κ3) is 7.12.